The number of aliphatic hydroxyl groups is 1. The van der Waals surface area contributed by atoms with Gasteiger partial charge in [0.05, 0.1) is 11.8 Å². The van der Waals surface area contributed by atoms with Crippen molar-refractivity contribution in [3.05, 3.63) is 17.5 Å². The molecular formula is C9H15N3O2. The van der Waals surface area contributed by atoms with Crippen LogP contribution in [0, 0.1) is 6.92 Å². The smallest absolute Gasteiger partial charge is 0.269 e. The molecule has 5 nitrogen and oxygen atoms in total. The van der Waals surface area contributed by atoms with Gasteiger partial charge in [-0.1, -0.05) is 0 Å². The number of amides is 1. The van der Waals surface area contributed by atoms with Gasteiger partial charge in [0.1, 0.15) is 5.69 Å². The first-order valence-electron chi connectivity index (χ1n) is 4.47. The van der Waals surface area contributed by atoms with Crippen LogP contribution in [0.2, 0.25) is 0 Å². The third-order valence-electron chi connectivity index (χ3n) is 1.79. The van der Waals surface area contributed by atoms with Crippen LogP contribution in [0.15, 0.2) is 6.07 Å². The van der Waals surface area contributed by atoms with E-state index >= 15 is 0 Å². The van der Waals surface area contributed by atoms with E-state index in [-0.39, 0.29) is 12.5 Å². The fraction of sp³-hybridized carbons (Fsp3) is 0.556. The number of aryl methyl sites for hydroxylation is 2. The summed E-state index contributed by atoms with van der Waals surface area (Å²) >= 11 is 0. The molecule has 0 radical (unpaired) electrons. The molecule has 0 saturated heterocycles. The normalized spacial score (nSPS) is 12.6. The van der Waals surface area contributed by atoms with E-state index in [9.17, 15) is 4.79 Å². The topological polar surface area (TPSA) is 67.2 Å². The lowest BCUT2D eigenvalue weighted by atomic mass is 10.3. The molecule has 0 aromatic carbocycles. The van der Waals surface area contributed by atoms with Crippen LogP contribution >= 0.6 is 0 Å². The molecular weight excluding hydrogens is 182 g/mol. The summed E-state index contributed by atoms with van der Waals surface area (Å²) in [7, 11) is 1.71. The Morgan fingerprint density at radius 2 is 2.43 bits per heavy atom. The Hall–Kier alpha value is -1.36. The molecule has 14 heavy (non-hydrogen) atoms. The molecule has 1 atom stereocenters. The van der Waals surface area contributed by atoms with Crippen LogP contribution in [-0.4, -0.2) is 33.4 Å². The average molecular weight is 197 g/mol. The summed E-state index contributed by atoms with van der Waals surface area (Å²) in [5.41, 5.74) is 1.30. The summed E-state index contributed by atoms with van der Waals surface area (Å²) in [5.74, 6) is -0.214. The lowest BCUT2D eigenvalue weighted by molar-refractivity contribution is 0.0914. The van der Waals surface area contributed by atoms with Gasteiger partial charge in [-0.05, 0) is 19.9 Å². The zero-order valence-electron chi connectivity index (χ0n) is 8.61. The van der Waals surface area contributed by atoms with E-state index in [0.717, 1.165) is 5.69 Å². The van der Waals surface area contributed by atoms with Gasteiger partial charge in [-0.3, -0.25) is 9.48 Å². The summed E-state index contributed by atoms with van der Waals surface area (Å²) in [6, 6.07) is 1.71. The number of nitrogens with zero attached hydrogens (tertiary/aromatic N) is 2. The van der Waals surface area contributed by atoms with Crippen LogP contribution < -0.4 is 5.32 Å². The van der Waals surface area contributed by atoms with Gasteiger partial charge in [0.2, 0.25) is 0 Å². The van der Waals surface area contributed by atoms with Gasteiger partial charge in [-0.25, -0.2) is 0 Å². The zero-order chi connectivity index (χ0) is 10.7. The first-order valence-corrected chi connectivity index (χ1v) is 4.47. The maximum absolute atomic E-state index is 11.5. The number of carbonyl (C=O) groups excluding carboxylic acids is 1. The van der Waals surface area contributed by atoms with E-state index in [0.29, 0.717) is 5.69 Å². The van der Waals surface area contributed by atoms with Crippen LogP contribution in [0.4, 0.5) is 0 Å². The maximum atomic E-state index is 11.5. The first kappa shape index (κ1) is 10.7. The Morgan fingerprint density at radius 1 is 1.79 bits per heavy atom. The second-order valence-corrected chi connectivity index (χ2v) is 3.35. The highest BCUT2D eigenvalue weighted by atomic mass is 16.3. The summed E-state index contributed by atoms with van der Waals surface area (Å²) < 4.78 is 1.52. The molecule has 2 N–H and O–H groups in total. The van der Waals surface area contributed by atoms with Crippen LogP contribution in [0.5, 0.6) is 0 Å². The van der Waals surface area contributed by atoms with Crippen molar-refractivity contribution in [3.8, 4) is 0 Å². The number of hydrogen-bond acceptors (Lipinski definition) is 3. The summed E-state index contributed by atoms with van der Waals surface area (Å²) in [6.07, 6.45) is -0.534. The van der Waals surface area contributed by atoms with Crippen LogP contribution in [-0.2, 0) is 7.05 Å². The van der Waals surface area contributed by atoms with Gasteiger partial charge in [-0.2, -0.15) is 5.10 Å². The van der Waals surface area contributed by atoms with Crippen LogP contribution in [0.3, 0.4) is 0 Å². The van der Waals surface area contributed by atoms with Gasteiger partial charge < -0.3 is 10.4 Å². The van der Waals surface area contributed by atoms with E-state index in [2.05, 4.69) is 10.4 Å². The quantitative estimate of drug-likeness (QED) is 0.707. The van der Waals surface area contributed by atoms with Crippen molar-refractivity contribution in [2.24, 2.45) is 7.05 Å². The first-order chi connectivity index (χ1) is 6.50. The van der Waals surface area contributed by atoms with Crippen molar-refractivity contribution in [2.45, 2.75) is 20.0 Å². The monoisotopic (exact) mass is 197 g/mol. The van der Waals surface area contributed by atoms with E-state index in [4.69, 9.17) is 5.11 Å². The minimum Gasteiger partial charge on any atom is -0.392 e. The predicted octanol–water partition coefficient (Wildman–Crippen LogP) is -0.161. The van der Waals surface area contributed by atoms with Crippen molar-refractivity contribution in [1.29, 1.82) is 0 Å². The lowest BCUT2D eigenvalue weighted by Crippen LogP contribution is -2.31. The molecule has 1 rings (SSSR count). The Bertz CT molecular complexity index is 331. The van der Waals surface area contributed by atoms with Gasteiger partial charge >= 0.3 is 0 Å². The SMILES string of the molecule is Cc1cc(C(=O)NC[C@H](C)O)n(C)n1. The Labute approximate surface area is 82.7 Å². The van der Waals surface area contributed by atoms with Crippen molar-refractivity contribution >= 4 is 5.91 Å². The van der Waals surface area contributed by atoms with Crippen molar-refractivity contribution < 1.29 is 9.90 Å². The molecule has 0 aliphatic heterocycles. The number of aliphatic hydroxyl groups excluding tert-OH is 1. The summed E-state index contributed by atoms with van der Waals surface area (Å²) in [4.78, 5) is 11.5. The molecule has 1 aromatic heterocycles. The minimum absolute atomic E-state index is 0.214. The standard InChI is InChI=1S/C9H15N3O2/c1-6-4-8(12(3)11-6)9(14)10-5-7(2)13/h4,7,13H,5H2,1-3H3,(H,10,14)/t7-/m0/s1. The molecule has 0 aliphatic carbocycles. The molecule has 0 spiro atoms. The Balaban J connectivity index is 2.65. The van der Waals surface area contributed by atoms with Crippen LogP contribution in [0.25, 0.3) is 0 Å². The largest absolute Gasteiger partial charge is 0.392 e. The number of carbonyl (C=O) groups is 1. The third-order valence-corrected chi connectivity index (χ3v) is 1.79. The van der Waals surface area contributed by atoms with E-state index in [1.54, 1.807) is 20.0 Å². The summed E-state index contributed by atoms with van der Waals surface area (Å²) in [6.45, 7) is 3.70. The molecule has 0 unspecified atom stereocenters. The average Bonchev–Trinajstić information content (AvgIpc) is 2.41. The van der Waals surface area contributed by atoms with E-state index in [1.807, 2.05) is 6.92 Å². The predicted molar refractivity (Wildman–Crippen MR) is 52.0 cm³/mol. The molecule has 1 heterocycles. The molecule has 1 aromatic rings. The fourth-order valence-corrected chi connectivity index (χ4v) is 1.15. The second kappa shape index (κ2) is 4.23. The molecule has 0 bridgehead atoms. The molecule has 0 saturated carbocycles. The van der Waals surface area contributed by atoms with Gasteiger partial charge in [0, 0.05) is 13.6 Å². The Kier molecular flexibility index (Phi) is 3.24. The molecule has 5 heteroatoms. The number of nitrogens with one attached hydrogen (secondary N) is 1. The number of aromatic nitrogens is 2. The Morgan fingerprint density at radius 3 is 2.86 bits per heavy atom. The van der Waals surface area contributed by atoms with Crippen molar-refractivity contribution in [3.63, 3.8) is 0 Å². The highest BCUT2D eigenvalue weighted by molar-refractivity contribution is 5.92. The highest BCUT2D eigenvalue weighted by Gasteiger charge is 2.11. The third kappa shape index (κ3) is 2.56. The van der Waals surface area contributed by atoms with Crippen molar-refractivity contribution in [2.75, 3.05) is 6.54 Å². The second-order valence-electron chi connectivity index (χ2n) is 3.35. The molecule has 0 aliphatic rings. The minimum atomic E-state index is -0.534. The maximum Gasteiger partial charge on any atom is 0.269 e. The van der Waals surface area contributed by atoms with E-state index < -0.39 is 6.10 Å². The molecule has 78 valence electrons. The lowest BCUT2D eigenvalue weighted by Gasteiger charge is -2.06. The van der Waals surface area contributed by atoms with Crippen LogP contribution in [0.1, 0.15) is 23.1 Å². The fourth-order valence-electron chi connectivity index (χ4n) is 1.15. The number of rotatable bonds is 3. The molecule has 1 amide bonds. The molecule has 0 fully saturated rings. The number of hydrogen-bond donors (Lipinski definition) is 2. The summed E-state index contributed by atoms with van der Waals surface area (Å²) in [5, 5.41) is 15.6. The van der Waals surface area contributed by atoms with Gasteiger partial charge in [0.25, 0.3) is 5.91 Å². The van der Waals surface area contributed by atoms with Crippen molar-refractivity contribution in [1.82, 2.24) is 15.1 Å². The zero-order valence-corrected chi connectivity index (χ0v) is 8.61. The highest BCUT2D eigenvalue weighted by Crippen LogP contribution is 2.00. The van der Waals surface area contributed by atoms with Gasteiger partial charge in [-0.15, -0.1) is 0 Å². The van der Waals surface area contributed by atoms with Gasteiger partial charge in [0.15, 0.2) is 0 Å². The van der Waals surface area contributed by atoms with E-state index in [1.165, 1.54) is 4.68 Å².